The summed E-state index contributed by atoms with van der Waals surface area (Å²) in [5, 5.41) is 2.81. The summed E-state index contributed by atoms with van der Waals surface area (Å²) in [5.41, 5.74) is 0.475. The highest BCUT2D eigenvalue weighted by Crippen LogP contribution is 2.29. The van der Waals surface area contributed by atoms with Crippen LogP contribution in [-0.4, -0.2) is 33.7 Å². The first-order chi connectivity index (χ1) is 14.9. The van der Waals surface area contributed by atoms with E-state index < -0.39 is 10.0 Å². The van der Waals surface area contributed by atoms with Crippen LogP contribution in [-0.2, 0) is 10.0 Å². The number of para-hydroxylation sites is 2. The lowest BCUT2D eigenvalue weighted by Crippen LogP contribution is -2.26. The van der Waals surface area contributed by atoms with Gasteiger partial charge in [-0.15, -0.1) is 11.8 Å². The third-order valence-corrected chi connectivity index (χ3v) is 7.09. The highest BCUT2D eigenvalue weighted by atomic mass is 35.5. The summed E-state index contributed by atoms with van der Waals surface area (Å²) >= 11 is 7.75. The molecule has 3 aromatic rings. The summed E-state index contributed by atoms with van der Waals surface area (Å²) in [7, 11) is -2.59. The third-order valence-electron chi connectivity index (χ3n) is 4.23. The number of thioether (sulfide) groups is 1. The molecule has 0 bridgehead atoms. The maximum Gasteiger partial charge on any atom is 0.263 e. The van der Waals surface area contributed by atoms with E-state index >= 15 is 0 Å². The van der Waals surface area contributed by atoms with Crippen molar-refractivity contribution in [3.63, 3.8) is 0 Å². The first kappa shape index (κ1) is 23.0. The van der Waals surface area contributed by atoms with Crippen LogP contribution in [0.25, 0.3) is 0 Å². The maximum absolute atomic E-state index is 12.9. The number of carbonyl (C=O) groups is 1. The number of nitrogens with one attached hydrogen (secondary N) is 2. The lowest BCUT2D eigenvalue weighted by molar-refractivity contribution is 0.0956. The first-order valence-corrected chi connectivity index (χ1v) is 12.2. The Morgan fingerprint density at radius 1 is 1.03 bits per heavy atom. The lowest BCUT2D eigenvalue weighted by Gasteiger charge is -2.13. The van der Waals surface area contributed by atoms with Gasteiger partial charge in [0.25, 0.3) is 15.9 Å². The monoisotopic (exact) mass is 476 g/mol. The molecule has 3 aromatic carbocycles. The van der Waals surface area contributed by atoms with Gasteiger partial charge >= 0.3 is 0 Å². The van der Waals surface area contributed by atoms with E-state index in [0.29, 0.717) is 18.0 Å². The molecular formula is C22H21ClN2O4S2. The number of benzene rings is 3. The van der Waals surface area contributed by atoms with Crippen molar-refractivity contribution < 1.29 is 17.9 Å². The number of carbonyl (C=O) groups excluding carboxylic acids is 1. The Labute approximate surface area is 191 Å². The summed E-state index contributed by atoms with van der Waals surface area (Å²) in [5.74, 6) is 0.676. The van der Waals surface area contributed by atoms with Crippen LogP contribution in [0.3, 0.4) is 0 Å². The molecule has 9 heteroatoms. The summed E-state index contributed by atoms with van der Waals surface area (Å²) in [6, 6.07) is 20.6. The molecule has 31 heavy (non-hydrogen) atoms. The Bertz CT molecular complexity index is 1160. The highest BCUT2D eigenvalue weighted by Gasteiger charge is 2.21. The van der Waals surface area contributed by atoms with E-state index in [0.717, 1.165) is 4.90 Å². The number of methoxy groups -OCH3 is 1. The second-order valence-corrected chi connectivity index (χ2v) is 9.59. The van der Waals surface area contributed by atoms with Gasteiger partial charge in [0.2, 0.25) is 0 Å². The van der Waals surface area contributed by atoms with Gasteiger partial charge in [0.1, 0.15) is 10.6 Å². The molecule has 6 nitrogen and oxygen atoms in total. The Morgan fingerprint density at radius 3 is 2.48 bits per heavy atom. The normalized spacial score (nSPS) is 11.0. The molecule has 0 fully saturated rings. The minimum atomic E-state index is -4.04. The molecular weight excluding hydrogens is 456 g/mol. The minimum absolute atomic E-state index is 0.0126. The number of halogens is 1. The van der Waals surface area contributed by atoms with Crippen LogP contribution >= 0.6 is 23.4 Å². The van der Waals surface area contributed by atoms with Crippen molar-refractivity contribution in [1.82, 2.24) is 5.32 Å². The summed E-state index contributed by atoms with van der Waals surface area (Å²) < 4.78 is 33.4. The molecule has 0 spiro atoms. The van der Waals surface area contributed by atoms with Gasteiger partial charge in [-0.05, 0) is 42.5 Å². The fourth-order valence-electron chi connectivity index (χ4n) is 2.73. The number of sulfonamides is 1. The maximum atomic E-state index is 12.9. The molecule has 1 amide bonds. The molecule has 0 unspecified atom stereocenters. The largest absolute Gasteiger partial charge is 0.495 e. The predicted molar refractivity (Wildman–Crippen MR) is 125 cm³/mol. The predicted octanol–water partition coefficient (Wildman–Crippen LogP) is 4.67. The molecule has 0 radical (unpaired) electrons. The average molecular weight is 477 g/mol. The van der Waals surface area contributed by atoms with Crippen molar-refractivity contribution >= 4 is 45.0 Å². The molecule has 0 saturated heterocycles. The molecule has 0 saturated carbocycles. The number of ether oxygens (including phenoxy) is 1. The van der Waals surface area contributed by atoms with Crippen LogP contribution in [0.1, 0.15) is 10.4 Å². The zero-order chi connectivity index (χ0) is 22.3. The second-order valence-electron chi connectivity index (χ2n) is 6.37. The molecule has 0 aliphatic rings. The first-order valence-electron chi connectivity index (χ1n) is 9.32. The fourth-order valence-corrected chi connectivity index (χ4v) is 5.12. The van der Waals surface area contributed by atoms with E-state index in [2.05, 4.69) is 10.0 Å². The number of amides is 1. The van der Waals surface area contributed by atoms with E-state index in [1.807, 2.05) is 30.3 Å². The van der Waals surface area contributed by atoms with Gasteiger partial charge in [-0.1, -0.05) is 41.9 Å². The van der Waals surface area contributed by atoms with Crippen molar-refractivity contribution in [1.29, 1.82) is 0 Å². The Balaban J connectivity index is 1.69. The standard InChI is InChI=1S/C22H21ClN2O4S2/c1-29-20-10-6-5-9-19(20)25-31(27,28)21-15-16(11-12-18(21)23)22(26)24-13-14-30-17-7-3-2-4-8-17/h2-12,15,25H,13-14H2,1H3,(H,24,26). The van der Waals surface area contributed by atoms with Crippen molar-refractivity contribution in [3.8, 4) is 5.75 Å². The van der Waals surface area contributed by atoms with Crippen molar-refractivity contribution in [2.75, 3.05) is 24.1 Å². The van der Waals surface area contributed by atoms with E-state index in [1.165, 1.54) is 25.3 Å². The molecule has 0 heterocycles. The molecule has 162 valence electrons. The quantitative estimate of drug-likeness (QED) is 0.346. The molecule has 0 aliphatic carbocycles. The van der Waals surface area contributed by atoms with Gasteiger partial charge in [-0.25, -0.2) is 8.42 Å². The van der Waals surface area contributed by atoms with E-state index in [-0.39, 0.29) is 27.1 Å². The van der Waals surface area contributed by atoms with Crippen molar-refractivity contribution in [2.24, 2.45) is 0 Å². The van der Waals surface area contributed by atoms with Crippen molar-refractivity contribution in [2.45, 2.75) is 9.79 Å². The second kappa shape index (κ2) is 10.6. The van der Waals surface area contributed by atoms with Crippen LogP contribution in [0.15, 0.2) is 82.6 Å². The van der Waals surface area contributed by atoms with E-state index in [4.69, 9.17) is 16.3 Å². The third kappa shape index (κ3) is 6.16. The number of hydrogen-bond donors (Lipinski definition) is 2. The highest BCUT2D eigenvalue weighted by molar-refractivity contribution is 7.99. The smallest absolute Gasteiger partial charge is 0.263 e. The topological polar surface area (TPSA) is 84.5 Å². The molecule has 3 rings (SSSR count). The SMILES string of the molecule is COc1ccccc1NS(=O)(=O)c1cc(C(=O)NCCSc2ccccc2)ccc1Cl. The van der Waals surface area contributed by atoms with Gasteiger partial charge in [0.15, 0.2) is 0 Å². The number of rotatable bonds is 9. The summed E-state index contributed by atoms with van der Waals surface area (Å²) in [4.78, 5) is 13.4. The lowest BCUT2D eigenvalue weighted by atomic mass is 10.2. The molecule has 0 atom stereocenters. The van der Waals surface area contributed by atoms with Crippen LogP contribution in [0, 0.1) is 0 Å². The summed E-state index contributed by atoms with van der Waals surface area (Å²) in [6.07, 6.45) is 0. The fraction of sp³-hybridized carbons (Fsp3) is 0.136. The minimum Gasteiger partial charge on any atom is -0.495 e. The Hall–Kier alpha value is -2.68. The molecule has 0 aliphatic heterocycles. The van der Waals surface area contributed by atoms with Crippen LogP contribution in [0.4, 0.5) is 5.69 Å². The zero-order valence-corrected chi connectivity index (χ0v) is 19.1. The van der Waals surface area contributed by atoms with Gasteiger partial charge in [0, 0.05) is 22.8 Å². The van der Waals surface area contributed by atoms with Crippen molar-refractivity contribution in [3.05, 3.63) is 83.4 Å². The Morgan fingerprint density at radius 2 is 1.74 bits per heavy atom. The molecule has 0 aromatic heterocycles. The van der Waals surface area contributed by atoms with Crippen LogP contribution in [0.5, 0.6) is 5.75 Å². The van der Waals surface area contributed by atoms with E-state index in [9.17, 15) is 13.2 Å². The van der Waals surface area contributed by atoms with Gasteiger partial charge in [0.05, 0.1) is 17.8 Å². The van der Waals surface area contributed by atoms with Gasteiger partial charge in [-0.3, -0.25) is 9.52 Å². The number of hydrogen-bond acceptors (Lipinski definition) is 5. The average Bonchev–Trinajstić information content (AvgIpc) is 2.77. The molecule has 2 N–H and O–H groups in total. The Kier molecular flexibility index (Phi) is 7.84. The van der Waals surface area contributed by atoms with Gasteiger partial charge in [-0.2, -0.15) is 0 Å². The zero-order valence-electron chi connectivity index (χ0n) is 16.7. The van der Waals surface area contributed by atoms with E-state index in [1.54, 1.807) is 36.0 Å². The van der Waals surface area contributed by atoms with Gasteiger partial charge < -0.3 is 10.1 Å². The van der Waals surface area contributed by atoms with Crippen LogP contribution < -0.4 is 14.8 Å². The number of anilines is 1. The summed E-state index contributed by atoms with van der Waals surface area (Å²) in [6.45, 7) is 0.433. The van der Waals surface area contributed by atoms with Crippen LogP contribution in [0.2, 0.25) is 5.02 Å².